The summed E-state index contributed by atoms with van der Waals surface area (Å²) in [6.45, 7) is 6.41. The Morgan fingerprint density at radius 2 is 1.71 bits per heavy atom. The van der Waals surface area contributed by atoms with Gasteiger partial charge in [0, 0.05) is 12.2 Å². The van der Waals surface area contributed by atoms with Crippen molar-refractivity contribution in [3.63, 3.8) is 0 Å². The number of aryl methyl sites for hydroxylation is 1. The molecular formula is C25H28FN5O3S. The summed E-state index contributed by atoms with van der Waals surface area (Å²) in [5.41, 5.74) is 12.8. The van der Waals surface area contributed by atoms with E-state index in [0.717, 1.165) is 12.0 Å². The summed E-state index contributed by atoms with van der Waals surface area (Å²) in [6.07, 6.45) is 0.751. The average Bonchev–Trinajstić information content (AvgIpc) is 3.20. The Hall–Kier alpha value is -3.79. The van der Waals surface area contributed by atoms with Gasteiger partial charge in [-0.1, -0.05) is 43.7 Å². The molecule has 1 atom stereocenters. The number of nitrogens with one attached hydrogen (secondary N) is 1. The molecule has 184 valence electrons. The second-order valence-electron chi connectivity index (χ2n) is 8.58. The maximum Gasteiger partial charge on any atom is 0.273 e. The molecule has 1 aromatic heterocycles. The lowest BCUT2D eigenvalue weighted by Gasteiger charge is -2.31. The monoisotopic (exact) mass is 497 g/mol. The second kappa shape index (κ2) is 11.1. The fourth-order valence-corrected chi connectivity index (χ4v) is 4.21. The highest BCUT2D eigenvalue weighted by atomic mass is 32.1. The van der Waals surface area contributed by atoms with E-state index in [1.807, 2.05) is 32.9 Å². The molecule has 3 amide bonds. The predicted octanol–water partition coefficient (Wildman–Crippen LogP) is 3.82. The SMILES string of the molecule is Cc1ccc([C@@H](C(=O)NCCC(C)C)N(C(=O)c2snc(C(N)=O)c2N)c2ccc(F)cc2)cc1. The summed E-state index contributed by atoms with van der Waals surface area (Å²) < 4.78 is 17.7. The highest BCUT2D eigenvalue weighted by Crippen LogP contribution is 2.33. The molecule has 5 N–H and O–H groups in total. The molecule has 0 fully saturated rings. The smallest absolute Gasteiger partial charge is 0.273 e. The van der Waals surface area contributed by atoms with E-state index in [0.29, 0.717) is 29.6 Å². The summed E-state index contributed by atoms with van der Waals surface area (Å²) in [5, 5.41) is 2.91. The van der Waals surface area contributed by atoms with E-state index in [9.17, 15) is 18.8 Å². The summed E-state index contributed by atoms with van der Waals surface area (Å²) in [7, 11) is 0. The Kier molecular flexibility index (Phi) is 8.18. The minimum absolute atomic E-state index is 0.0461. The largest absolute Gasteiger partial charge is 0.395 e. The second-order valence-corrected chi connectivity index (χ2v) is 9.35. The minimum Gasteiger partial charge on any atom is -0.395 e. The fraction of sp³-hybridized carbons (Fsp3) is 0.280. The van der Waals surface area contributed by atoms with Gasteiger partial charge in [-0.3, -0.25) is 19.3 Å². The Morgan fingerprint density at radius 3 is 2.26 bits per heavy atom. The van der Waals surface area contributed by atoms with Crippen LogP contribution in [0.25, 0.3) is 0 Å². The van der Waals surface area contributed by atoms with E-state index < -0.39 is 29.6 Å². The molecule has 0 bridgehead atoms. The van der Waals surface area contributed by atoms with Gasteiger partial charge in [0.2, 0.25) is 5.91 Å². The van der Waals surface area contributed by atoms with Crippen molar-refractivity contribution in [2.24, 2.45) is 11.7 Å². The molecule has 0 aliphatic heterocycles. The summed E-state index contributed by atoms with van der Waals surface area (Å²) in [6, 6.07) is 11.3. The first-order valence-electron chi connectivity index (χ1n) is 11.1. The van der Waals surface area contributed by atoms with E-state index in [4.69, 9.17) is 11.5 Å². The number of benzene rings is 2. The lowest BCUT2D eigenvalue weighted by Crippen LogP contribution is -2.44. The van der Waals surface area contributed by atoms with E-state index in [-0.39, 0.29) is 21.9 Å². The maximum absolute atomic E-state index is 13.8. The lowest BCUT2D eigenvalue weighted by atomic mass is 10.0. The molecule has 35 heavy (non-hydrogen) atoms. The highest BCUT2D eigenvalue weighted by Gasteiger charge is 2.36. The van der Waals surface area contributed by atoms with Crippen molar-refractivity contribution in [3.8, 4) is 0 Å². The van der Waals surface area contributed by atoms with Gasteiger partial charge < -0.3 is 16.8 Å². The Labute approximate surface area is 207 Å². The summed E-state index contributed by atoms with van der Waals surface area (Å²) in [4.78, 5) is 40.2. The quantitative estimate of drug-likeness (QED) is 0.414. The number of amides is 3. The molecule has 1 heterocycles. The molecule has 0 aliphatic carbocycles. The molecule has 0 spiro atoms. The third-order valence-corrected chi connectivity index (χ3v) is 6.25. The fourth-order valence-electron chi connectivity index (χ4n) is 3.47. The van der Waals surface area contributed by atoms with Crippen LogP contribution in [-0.4, -0.2) is 28.6 Å². The Morgan fingerprint density at radius 1 is 1.09 bits per heavy atom. The third-order valence-electron chi connectivity index (χ3n) is 5.40. The van der Waals surface area contributed by atoms with Gasteiger partial charge in [0.15, 0.2) is 5.69 Å². The van der Waals surface area contributed by atoms with Crippen molar-refractivity contribution in [1.29, 1.82) is 0 Å². The molecule has 0 aliphatic rings. The number of hydrogen-bond acceptors (Lipinski definition) is 6. The first kappa shape index (κ1) is 25.8. The van der Waals surface area contributed by atoms with Crippen LogP contribution in [0, 0.1) is 18.7 Å². The van der Waals surface area contributed by atoms with Crippen molar-refractivity contribution < 1.29 is 18.8 Å². The molecule has 2 aromatic carbocycles. The van der Waals surface area contributed by atoms with Crippen LogP contribution in [0.4, 0.5) is 15.8 Å². The normalized spacial score (nSPS) is 11.8. The van der Waals surface area contributed by atoms with Gasteiger partial charge in [-0.05, 0) is 60.6 Å². The molecule has 3 aromatic rings. The maximum atomic E-state index is 13.8. The molecule has 10 heteroatoms. The number of aromatic nitrogens is 1. The van der Waals surface area contributed by atoms with Gasteiger partial charge >= 0.3 is 0 Å². The van der Waals surface area contributed by atoms with Gasteiger partial charge in [0.25, 0.3) is 11.8 Å². The van der Waals surface area contributed by atoms with E-state index in [2.05, 4.69) is 9.69 Å². The number of hydrogen-bond donors (Lipinski definition) is 3. The molecular weight excluding hydrogens is 469 g/mol. The van der Waals surface area contributed by atoms with Gasteiger partial charge in [-0.2, -0.15) is 4.37 Å². The number of carbonyl (C=O) groups is 3. The zero-order valence-electron chi connectivity index (χ0n) is 19.7. The van der Waals surface area contributed by atoms with Gasteiger partial charge in [-0.15, -0.1) is 0 Å². The van der Waals surface area contributed by atoms with E-state index in [1.165, 1.54) is 29.2 Å². The molecule has 0 saturated carbocycles. The number of nitrogens with zero attached hydrogens (tertiary/aromatic N) is 2. The Bertz CT molecular complexity index is 1210. The number of primary amides is 1. The van der Waals surface area contributed by atoms with Crippen molar-refractivity contribution in [1.82, 2.24) is 9.69 Å². The molecule has 3 rings (SSSR count). The molecule has 8 nitrogen and oxygen atoms in total. The van der Waals surface area contributed by atoms with Gasteiger partial charge in [0.1, 0.15) is 16.7 Å². The molecule has 0 radical (unpaired) electrons. The summed E-state index contributed by atoms with van der Waals surface area (Å²) in [5.74, 6) is -2.07. The van der Waals surface area contributed by atoms with E-state index >= 15 is 0 Å². The van der Waals surface area contributed by atoms with Crippen LogP contribution in [0.2, 0.25) is 0 Å². The van der Waals surface area contributed by atoms with Crippen LogP contribution >= 0.6 is 11.5 Å². The van der Waals surface area contributed by atoms with Crippen LogP contribution in [-0.2, 0) is 4.79 Å². The number of anilines is 2. The van der Waals surface area contributed by atoms with Crippen molar-refractivity contribution in [3.05, 3.63) is 76.0 Å². The molecule has 0 unspecified atom stereocenters. The number of carbonyl (C=O) groups excluding carboxylic acids is 3. The first-order valence-corrected chi connectivity index (χ1v) is 11.9. The van der Waals surface area contributed by atoms with Crippen LogP contribution < -0.4 is 21.7 Å². The average molecular weight is 498 g/mol. The predicted molar refractivity (Wildman–Crippen MR) is 135 cm³/mol. The highest BCUT2D eigenvalue weighted by molar-refractivity contribution is 7.09. The number of nitrogens with two attached hydrogens (primary N) is 2. The zero-order valence-corrected chi connectivity index (χ0v) is 20.6. The topological polar surface area (TPSA) is 131 Å². The van der Waals surface area contributed by atoms with Crippen molar-refractivity contribution in [2.45, 2.75) is 33.2 Å². The third kappa shape index (κ3) is 6.02. The van der Waals surface area contributed by atoms with Gasteiger partial charge in [-0.25, -0.2) is 4.39 Å². The standard InChI is InChI=1S/C25H28FN5O3S/c1-14(2)12-13-29-24(33)21(16-6-4-15(3)5-7-16)31(18-10-8-17(26)9-11-18)25(34)22-19(27)20(23(28)32)30-35-22/h4-11,14,21H,12-13,27H2,1-3H3,(H2,28,32)(H,29,33)/t21-/m0/s1. The lowest BCUT2D eigenvalue weighted by molar-refractivity contribution is -0.122. The number of rotatable bonds is 9. The van der Waals surface area contributed by atoms with Crippen molar-refractivity contribution in [2.75, 3.05) is 17.2 Å². The Balaban J connectivity index is 2.14. The van der Waals surface area contributed by atoms with Crippen LogP contribution in [0.1, 0.15) is 57.6 Å². The van der Waals surface area contributed by atoms with E-state index in [1.54, 1.807) is 12.1 Å². The summed E-state index contributed by atoms with van der Waals surface area (Å²) >= 11 is 0.714. The number of halogens is 1. The zero-order chi connectivity index (χ0) is 25.7. The molecule has 0 saturated heterocycles. The first-order chi connectivity index (χ1) is 16.6. The van der Waals surface area contributed by atoms with Crippen LogP contribution in [0.3, 0.4) is 0 Å². The van der Waals surface area contributed by atoms with Gasteiger partial charge in [0.05, 0.1) is 5.69 Å². The minimum atomic E-state index is -1.10. The van der Waals surface area contributed by atoms with Crippen LogP contribution in [0.15, 0.2) is 48.5 Å². The van der Waals surface area contributed by atoms with Crippen LogP contribution in [0.5, 0.6) is 0 Å². The van der Waals surface area contributed by atoms with Crippen molar-refractivity contribution >= 4 is 40.6 Å². The number of nitrogen functional groups attached to an aromatic ring is 1.